The highest BCUT2D eigenvalue weighted by atomic mass is 35.5. The maximum absolute atomic E-state index is 12.0. The van der Waals surface area contributed by atoms with Crippen molar-refractivity contribution >= 4 is 57.9 Å². The number of fused-ring (bicyclic) bond motifs is 6. The van der Waals surface area contributed by atoms with Crippen molar-refractivity contribution in [3.05, 3.63) is 71.4 Å². The molecule has 2 aliphatic rings. The maximum atomic E-state index is 12.0. The minimum absolute atomic E-state index is 0. The third-order valence-corrected chi connectivity index (χ3v) is 8.16. The van der Waals surface area contributed by atoms with E-state index in [2.05, 4.69) is 59.7 Å². The third kappa shape index (κ3) is 7.02. The average molecular weight is 673 g/mol. The number of halogens is 1. The molecule has 0 aromatic carbocycles. The average Bonchev–Trinajstić information content (AvgIpc) is 3.90. The van der Waals surface area contributed by atoms with Crippen LogP contribution in [0.4, 0.5) is 0 Å². The Hall–Kier alpha value is -5.65. The van der Waals surface area contributed by atoms with Crippen LogP contribution in [-0.4, -0.2) is 110 Å². The van der Waals surface area contributed by atoms with Gasteiger partial charge in [0.25, 0.3) is 6.54 Å². The smallest absolute Gasteiger partial charge is 0.384 e. The predicted molar refractivity (Wildman–Crippen MR) is 176 cm³/mol. The predicted octanol–water partition coefficient (Wildman–Crippen LogP) is 2.72. The van der Waals surface area contributed by atoms with Gasteiger partial charge in [0.15, 0.2) is 22.6 Å². The van der Waals surface area contributed by atoms with E-state index < -0.39 is 12.5 Å². The molecule has 248 valence electrons. The summed E-state index contributed by atoms with van der Waals surface area (Å²) in [4.78, 5) is 43.8. The largest absolute Gasteiger partial charge is 0.476 e. The van der Waals surface area contributed by atoms with Crippen molar-refractivity contribution < 1.29 is 14.7 Å². The number of H-pyrrole nitrogens is 2. The van der Waals surface area contributed by atoms with E-state index >= 15 is 0 Å². The minimum Gasteiger partial charge on any atom is -0.476 e. The monoisotopic (exact) mass is 672 g/mol. The molecule has 6 aromatic heterocycles. The fourth-order valence-electron chi connectivity index (χ4n) is 6.05. The lowest BCUT2D eigenvalue weighted by Crippen LogP contribution is -2.40. The summed E-state index contributed by atoms with van der Waals surface area (Å²) in [5.74, 6) is 1.29. The standard InChI is InChI=1S/C15H15N7O.C12H14N6.C3H3NO2.ClH/c1-16-8-13(23)21-6-2-3-10(9-21)15-20-19-12-7-18-14-11(22(12)15)4-5-17-14;1-2-8(6-13-4-1)12-17-16-10-7-15-11-9(18(10)12)3-5-14-11;1-4-2-3(5)6;/h4-5,7,10,17H,2-3,6,8-9H2;3,5,7-8,13-14H,1-2,4,6H2;2H2,(H,5,6);1H/t10-;;;/m1.../s1. The number of carbonyl (C=O) groups is 2. The van der Waals surface area contributed by atoms with E-state index in [9.17, 15) is 9.59 Å². The fraction of sp³-hybridized carbons (Fsp3) is 0.400. The number of aromatic amines is 2. The van der Waals surface area contributed by atoms with Gasteiger partial charge in [-0.2, -0.15) is 0 Å². The van der Waals surface area contributed by atoms with Crippen molar-refractivity contribution in [1.29, 1.82) is 0 Å². The Balaban J connectivity index is 0.000000161. The second-order valence-electron chi connectivity index (χ2n) is 11.2. The van der Waals surface area contributed by atoms with Crippen molar-refractivity contribution in [1.82, 2.24) is 59.3 Å². The number of nitrogens with one attached hydrogen (secondary N) is 3. The van der Waals surface area contributed by atoms with Crippen LogP contribution >= 0.6 is 12.4 Å². The van der Waals surface area contributed by atoms with Gasteiger partial charge in [-0.1, -0.05) is 0 Å². The highest BCUT2D eigenvalue weighted by molar-refractivity contribution is 5.85. The third-order valence-electron chi connectivity index (χ3n) is 8.16. The van der Waals surface area contributed by atoms with Crippen LogP contribution < -0.4 is 5.32 Å². The summed E-state index contributed by atoms with van der Waals surface area (Å²) >= 11 is 0. The van der Waals surface area contributed by atoms with Crippen molar-refractivity contribution in [2.75, 3.05) is 39.3 Å². The number of nitrogens with zero attached hydrogens (tertiary/aromatic N) is 11. The van der Waals surface area contributed by atoms with Gasteiger partial charge < -0.3 is 35.0 Å². The summed E-state index contributed by atoms with van der Waals surface area (Å²) in [6.07, 6.45) is 11.4. The molecular formula is C30H33ClN14O3. The fourth-order valence-corrected chi connectivity index (χ4v) is 6.05. The molecule has 0 aliphatic carbocycles. The minimum atomic E-state index is -1.06. The first-order valence-electron chi connectivity index (χ1n) is 15.2. The summed E-state index contributed by atoms with van der Waals surface area (Å²) < 4.78 is 4.13. The number of aromatic nitrogens is 10. The number of piperidine rings is 2. The highest BCUT2D eigenvalue weighted by Crippen LogP contribution is 2.28. The molecule has 0 radical (unpaired) electrons. The van der Waals surface area contributed by atoms with E-state index in [4.69, 9.17) is 18.3 Å². The molecule has 18 heteroatoms. The van der Waals surface area contributed by atoms with Crippen molar-refractivity contribution in [3.8, 4) is 0 Å². The molecule has 0 spiro atoms. The van der Waals surface area contributed by atoms with E-state index in [1.807, 2.05) is 28.9 Å². The Morgan fingerprint density at radius 1 is 0.854 bits per heavy atom. The van der Waals surface area contributed by atoms with Crippen LogP contribution in [0.1, 0.15) is 49.2 Å². The first kappa shape index (κ1) is 33.7. The lowest BCUT2D eigenvalue weighted by atomic mass is 9.97. The van der Waals surface area contributed by atoms with Crippen LogP contribution in [0.5, 0.6) is 0 Å². The number of amides is 1. The lowest BCUT2D eigenvalue weighted by Gasteiger charge is -2.30. The van der Waals surface area contributed by atoms with E-state index in [0.717, 1.165) is 65.6 Å². The molecule has 0 bridgehead atoms. The summed E-state index contributed by atoms with van der Waals surface area (Å²) in [7, 11) is 0. The Morgan fingerprint density at radius 3 is 1.96 bits per heavy atom. The number of hydrogen-bond donors (Lipinski definition) is 4. The Bertz CT molecular complexity index is 2110. The second-order valence-corrected chi connectivity index (χ2v) is 11.2. The van der Waals surface area contributed by atoms with Crippen LogP contribution in [0.2, 0.25) is 0 Å². The van der Waals surface area contributed by atoms with Gasteiger partial charge >= 0.3 is 18.4 Å². The molecule has 2 atom stereocenters. The topological polar surface area (TPSA) is 196 Å². The molecule has 1 unspecified atom stereocenters. The van der Waals surface area contributed by atoms with E-state index in [0.29, 0.717) is 24.7 Å². The summed E-state index contributed by atoms with van der Waals surface area (Å²) in [5, 5.41) is 28.3. The number of aliphatic carboxylic acids is 1. The molecule has 48 heavy (non-hydrogen) atoms. The molecule has 8 rings (SSSR count). The Kier molecular flexibility index (Phi) is 10.7. The van der Waals surface area contributed by atoms with Gasteiger partial charge in [0.1, 0.15) is 11.6 Å². The van der Waals surface area contributed by atoms with E-state index in [1.54, 1.807) is 17.3 Å². The van der Waals surface area contributed by atoms with Crippen molar-refractivity contribution in [3.63, 3.8) is 0 Å². The molecule has 8 heterocycles. The van der Waals surface area contributed by atoms with Gasteiger partial charge in [-0.3, -0.25) is 13.6 Å². The Labute approximate surface area is 279 Å². The zero-order chi connectivity index (χ0) is 32.8. The number of carboxylic acid groups (broad SMARTS) is 1. The number of carbonyl (C=O) groups excluding carboxylic acids is 1. The van der Waals surface area contributed by atoms with Crippen LogP contribution in [-0.2, 0) is 9.59 Å². The number of hydrogen-bond acceptors (Lipinski definition) is 9. The van der Waals surface area contributed by atoms with Crippen LogP contribution in [0, 0.1) is 13.1 Å². The molecule has 4 N–H and O–H groups in total. The van der Waals surface area contributed by atoms with Crippen LogP contribution in [0.15, 0.2) is 36.9 Å². The van der Waals surface area contributed by atoms with Gasteiger partial charge in [-0.15, -0.1) is 32.8 Å². The molecule has 2 saturated heterocycles. The van der Waals surface area contributed by atoms with Crippen LogP contribution in [0.25, 0.3) is 43.3 Å². The van der Waals surface area contributed by atoms with Gasteiger partial charge in [0.2, 0.25) is 0 Å². The molecular weight excluding hydrogens is 640 g/mol. The first-order chi connectivity index (χ1) is 23.0. The molecule has 2 fully saturated rings. The number of likely N-dealkylation sites (tertiary alicyclic amines) is 1. The van der Waals surface area contributed by atoms with Gasteiger partial charge in [0.05, 0.1) is 23.4 Å². The molecule has 0 saturated carbocycles. The Morgan fingerprint density at radius 2 is 1.44 bits per heavy atom. The second kappa shape index (κ2) is 15.3. The highest BCUT2D eigenvalue weighted by Gasteiger charge is 2.29. The summed E-state index contributed by atoms with van der Waals surface area (Å²) in [6.45, 7) is 15.7. The van der Waals surface area contributed by atoms with E-state index in [-0.39, 0.29) is 30.8 Å². The van der Waals surface area contributed by atoms with Gasteiger partial charge in [0, 0.05) is 43.9 Å². The van der Waals surface area contributed by atoms with Crippen molar-refractivity contribution in [2.45, 2.75) is 37.5 Å². The first-order valence-corrected chi connectivity index (χ1v) is 15.2. The molecule has 17 nitrogen and oxygen atoms in total. The zero-order valence-electron chi connectivity index (χ0n) is 25.8. The summed E-state index contributed by atoms with van der Waals surface area (Å²) in [5.41, 5.74) is 5.19. The maximum Gasteiger partial charge on any atom is 0.384 e. The van der Waals surface area contributed by atoms with Crippen molar-refractivity contribution in [2.24, 2.45) is 0 Å². The van der Waals surface area contributed by atoms with Crippen LogP contribution in [0.3, 0.4) is 0 Å². The van der Waals surface area contributed by atoms with E-state index in [1.165, 1.54) is 12.8 Å². The number of carboxylic acids is 1. The lowest BCUT2D eigenvalue weighted by molar-refractivity contribution is -0.134. The number of rotatable bonds is 4. The molecule has 1 amide bonds. The molecule has 2 aliphatic heterocycles. The summed E-state index contributed by atoms with van der Waals surface area (Å²) in [6, 6.07) is 3.98. The van der Waals surface area contributed by atoms with Gasteiger partial charge in [-0.25, -0.2) is 27.9 Å². The molecule has 6 aromatic rings. The quantitative estimate of drug-likeness (QED) is 0.202. The zero-order valence-corrected chi connectivity index (χ0v) is 26.6. The SMILES string of the molecule is Cl.[C-]#[N+]CC(=O)N1CCC[C@@H](c2nnc3cnc4[nH]ccc4n23)C1.[C-]#[N+]CC(=O)O.c1cc2c(ncc3nnc(C4CCCNC4)n32)[nH]1. The van der Waals surface area contributed by atoms with Gasteiger partial charge in [-0.05, 0) is 44.4 Å². The normalized spacial score (nSPS) is 17.4.